The van der Waals surface area contributed by atoms with Crippen molar-refractivity contribution >= 4 is 39.6 Å². The van der Waals surface area contributed by atoms with Crippen LogP contribution in [0.3, 0.4) is 0 Å². The number of benzene rings is 1. The monoisotopic (exact) mass is 598 g/mol. The summed E-state index contributed by atoms with van der Waals surface area (Å²) in [5.74, 6) is -3.23. The minimum Gasteiger partial charge on any atom is -0.376 e. The third-order valence-electron chi connectivity index (χ3n) is 8.43. The van der Waals surface area contributed by atoms with Gasteiger partial charge in [-0.25, -0.2) is 18.6 Å². The first-order chi connectivity index (χ1) is 20.5. The van der Waals surface area contributed by atoms with Gasteiger partial charge in [0.1, 0.15) is 5.65 Å². The molecule has 1 saturated heterocycles. The Bertz CT molecular complexity index is 1820. The van der Waals surface area contributed by atoms with Crippen molar-refractivity contribution in [2.24, 2.45) is 0 Å². The van der Waals surface area contributed by atoms with Gasteiger partial charge >= 0.3 is 12.2 Å². The number of aromatic nitrogens is 3. The highest BCUT2D eigenvalue weighted by atomic mass is 19.4. The van der Waals surface area contributed by atoms with Gasteiger partial charge in [-0.15, -0.1) is 0 Å². The van der Waals surface area contributed by atoms with Crippen molar-refractivity contribution in [2.75, 3.05) is 26.2 Å². The quantitative estimate of drug-likeness (QED) is 0.314. The molecule has 224 valence electrons. The number of ketones is 1. The molecule has 3 aliphatic rings. The van der Waals surface area contributed by atoms with Crippen molar-refractivity contribution in [1.82, 2.24) is 29.1 Å². The fourth-order valence-corrected chi connectivity index (χ4v) is 6.46. The molecule has 0 atom stereocenters. The van der Waals surface area contributed by atoms with Crippen molar-refractivity contribution in [2.45, 2.75) is 44.5 Å². The van der Waals surface area contributed by atoms with E-state index in [1.54, 1.807) is 39.7 Å². The van der Waals surface area contributed by atoms with Crippen LogP contribution in [0.2, 0.25) is 0 Å². The maximum atomic E-state index is 14.3. The Balaban J connectivity index is 1.35. The predicted octanol–water partition coefficient (Wildman–Crippen LogP) is 5.41. The van der Waals surface area contributed by atoms with Crippen molar-refractivity contribution < 1.29 is 31.5 Å². The van der Waals surface area contributed by atoms with Gasteiger partial charge in [-0.3, -0.25) is 9.20 Å². The number of carbonyl (C=O) groups excluding carboxylic acids is 2. The lowest BCUT2D eigenvalue weighted by Gasteiger charge is -2.31. The molecule has 0 aliphatic carbocycles. The molecule has 2 amide bonds. The molecule has 3 aromatic heterocycles. The molecule has 0 bridgehead atoms. The molecule has 6 heterocycles. The van der Waals surface area contributed by atoms with Gasteiger partial charge in [0.05, 0.1) is 47.3 Å². The molecule has 1 aromatic carbocycles. The Kier molecular flexibility index (Phi) is 6.26. The van der Waals surface area contributed by atoms with Crippen LogP contribution >= 0.6 is 0 Å². The maximum absolute atomic E-state index is 14.3. The number of amides is 2. The molecule has 8 nitrogen and oxygen atoms in total. The second-order valence-electron chi connectivity index (χ2n) is 11.3. The van der Waals surface area contributed by atoms with Crippen LogP contribution in [0, 0.1) is 0 Å². The lowest BCUT2D eigenvalue weighted by molar-refractivity contribution is -0.137. The average molecular weight is 599 g/mol. The zero-order valence-electron chi connectivity index (χ0n) is 22.9. The van der Waals surface area contributed by atoms with Gasteiger partial charge in [-0.1, -0.05) is 6.07 Å². The lowest BCUT2D eigenvalue weighted by Crippen LogP contribution is -2.47. The fraction of sp³-hybridized carbons (Fsp3) is 0.367. The third-order valence-corrected chi connectivity index (χ3v) is 8.43. The van der Waals surface area contributed by atoms with E-state index in [2.05, 4.69) is 10.3 Å². The number of alkyl halides is 5. The highest BCUT2D eigenvalue weighted by molar-refractivity contribution is 6.32. The van der Waals surface area contributed by atoms with E-state index in [9.17, 15) is 31.5 Å². The number of hydrogen-bond acceptors (Lipinski definition) is 4. The topological polar surface area (TPSA) is 74.9 Å². The number of fused-ring (bicyclic) bond motifs is 1. The summed E-state index contributed by atoms with van der Waals surface area (Å²) in [5.41, 5.74) is 2.17. The van der Waals surface area contributed by atoms with Crippen molar-refractivity contribution in [3.8, 4) is 0 Å². The number of nitrogens with zero attached hydrogens (tertiary/aromatic N) is 5. The summed E-state index contributed by atoms with van der Waals surface area (Å²) < 4.78 is 74.8. The van der Waals surface area contributed by atoms with Crippen LogP contribution in [0.5, 0.6) is 0 Å². The first kappa shape index (κ1) is 27.4. The minimum absolute atomic E-state index is 0.0219. The number of Topliss-reactive ketones (excluding diaryl/α,β-unsaturated/α-hetero) is 1. The SMILES string of the molecule is O=C1CNC(c2cn3c4c(cc(C(F)(F)F)cc24)CN(C(=O)N2CCCCC(F)(F)C2)CC3)=C1c1cnc2ccccn12. The van der Waals surface area contributed by atoms with Gasteiger partial charge in [-0.05, 0) is 42.7 Å². The molecule has 0 radical (unpaired) electrons. The van der Waals surface area contributed by atoms with Crippen LogP contribution in [0.1, 0.15) is 41.6 Å². The van der Waals surface area contributed by atoms with Crippen molar-refractivity contribution in [3.05, 3.63) is 71.3 Å². The van der Waals surface area contributed by atoms with E-state index >= 15 is 0 Å². The molecule has 1 N–H and O–H groups in total. The molecular formula is C30H27F5N6O2. The smallest absolute Gasteiger partial charge is 0.376 e. The number of hydrogen-bond donors (Lipinski definition) is 1. The Morgan fingerprint density at radius 2 is 1.88 bits per heavy atom. The molecule has 7 rings (SSSR count). The van der Waals surface area contributed by atoms with E-state index in [1.165, 1.54) is 4.90 Å². The van der Waals surface area contributed by atoms with E-state index in [1.807, 2.05) is 6.07 Å². The average Bonchev–Trinajstić information content (AvgIpc) is 3.57. The first-order valence-electron chi connectivity index (χ1n) is 14.1. The third kappa shape index (κ3) is 4.70. The standard InChI is InChI=1S/C30H27F5N6O2/c31-29(32)6-2-4-7-40(17-29)28(43)39-10-9-38-16-21(20-12-19(30(33,34)35)11-18(15-39)27(20)38)26-25(23(42)14-37-26)22-13-36-24-5-1-3-8-41(22)24/h1,3,5,8,11-13,16,37H,2,4,6-7,9-10,14-15,17H2. The summed E-state index contributed by atoms with van der Waals surface area (Å²) in [4.78, 5) is 33.4. The van der Waals surface area contributed by atoms with Crippen LogP contribution in [-0.2, 0) is 24.1 Å². The number of pyridine rings is 1. The number of nitrogens with one attached hydrogen (secondary N) is 1. The Morgan fingerprint density at radius 3 is 2.70 bits per heavy atom. The van der Waals surface area contributed by atoms with Crippen LogP contribution < -0.4 is 5.32 Å². The van der Waals surface area contributed by atoms with Gasteiger partial charge in [0.2, 0.25) is 0 Å². The van der Waals surface area contributed by atoms with Crippen LogP contribution in [-0.4, -0.2) is 67.7 Å². The molecule has 4 aromatic rings. The predicted molar refractivity (Wildman–Crippen MR) is 148 cm³/mol. The Morgan fingerprint density at radius 1 is 1.05 bits per heavy atom. The van der Waals surface area contributed by atoms with E-state index < -0.39 is 30.2 Å². The number of rotatable bonds is 2. The number of urea groups is 1. The Hall–Kier alpha value is -4.42. The molecule has 0 unspecified atom stereocenters. The molecule has 1 fully saturated rings. The normalized spacial score (nSPS) is 19.2. The van der Waals surface area contributed by atoms with Gasteiger partial charge in [0.25, 0.3) is 5.92 Å². The summed E-state index contributed by atoms with van der Waals surface area (Å²) in [5, 5.41) is 3.39. The molecule has 0 saturated carbocycles. The van der Waals surface area contributed by atoms with Gasteiger partial charge in [0.15, 0.2) is 5.78 Å². The van der Waals surface area contributed by atoms with Crippen molar-refractivity contribution in [1.29, 1.82) is 0 Å². The zero-order chi connectivity index (χ0) is 30.1. The summed E-state index contributed by atoms with van der Waals surface area (Å²) in [6.07, 6.45) is 0.775. The lowest BCUT2D eigenvalue weighted by atomic mass is 9.99. The van der Waals surface area contributed by atoms with Gasteiger partial charge in [-0.2, -0.15) is 13.2 Å². The number of imidazole rings is 1. The highest BCUT2D eigenvalue weighted by Crippen LogP contribution is 2.40. The Labute approximate surface area is 242 Å². The highest BCUT2D eigenvalue weighted by Gasteiger charge is 2.39. The maximum Gasteiger partial charge on any atom is 0.416 e. The van der Waals surface area contributed by atoms with E-state index in [-0.39, 0.29) is 55.9 Å². The largest absolute Gasteiger partial charge is 0.416 e. The van der Waals surface area contributed by atoms with Gasteiger partial charge in [0, 0.05) is 55.9 Å². The van der Waals surface area contributed by atoms with Crippen LogP contribution in [0.4, 0.5) is 26.7 Å². The number of likely N-dealkylation sites (tertiary alicyclic amines) is 1. The summed E-state index contributed by atoms with van der Waals surface area (Å²) in [7, 11) is 0. The summed E-state index contributed by atoms with van der Waals surface area (Å²) >= 11 is 0. The second kappa shape index (κ2) is 9.81. The number of halogens is 5. The summed E-state index contributed by atoms with van der Waals surface area (Å²) in [6.45, 7) is -0.388. The zero-order valence-corrected chi connectivity index (χ0v) is 22.9. The van der Waals surface area contributed by atoms with Crippen LogP contribution in [0.25, 0.3) is 27.8 Å². The molecule has 0 spiro atoms. The van der Waals surface area contributed by atoms with E-state index in [0.29, 0.717) is 46.5 Å². The van der Waals surface area contributed by atoms with Crippen LogP contribution in [0.15, 0.2) is 48.9 Å². The molecular weight excluding hydrogens is 571 g/mol. The summed E-state index contributed by atoms with van der Waals surface area (Å²) in [6, 6.07) is 6.88. The van der Waals surface area contributed by atoms with E-state index in [4.69, 9.17) is 0 Å². The van der Waals surface area contributed by atoms with Gasteiger partial charge < -0.3 is 19.7 Å². The molecule has 13 heteroatoms. The molecule has 3 aliphatic heterocycles. The minimum atomic E-state index is -4.68. The fourth-order valence-electron chi connectivity index (χ4n) is 6.46. The number of carbonyl (C=O) groups is 2. The van der Waals surface area contributed by atoms with Crippen molar-refractivity contribution in [3.63, 3.8) is 0 Å². The first-order valence-corrected chi connectivity index (χ1v) is 14.1. The van der Waals surface area contributed by atoms with E-state index in [0.717, 1.165) is 17.0 Å². The molecule has 43 heavy (non-hydrogen) atoms. The second-order valence-corrected chi connectivity index (χ2v) is 11.3.